The molecule has 0 saturated carbocycles. The molecule has 0 aliphatic heterocycles. The number of benzene rings is 16. The molecule has 0 fully saturated rings. The van der Waals surface area contributed by atoms with Gasteiger partial charge in [-0.2, -0.15) is 0 Å². The number of furan rings is 1. The number of hydrogen-bond donors (Lipinski definition) is 0. The third-order valence-corrected chi connectivity index (χ3v) is 23.1. The fourth-order valence-corrected chi connectivity index (χ4v) is 17.8. The van der Waals surface area contributed by atoms with E-state index < -0.39 is 10.8 Å². The number of nitrogens with zero attached hydrogens (tertiary/aromatic N) is 2. The molecule has 5 nitrogen and oxygen atoms in total. The molecule has 2 unspecified atom stereocenters. The Morgan fingerprint density at radius 3 is 1.00 bits per heavy atom. The number of ether oxygens (including phenoxy) is 2. The SMILES string of the molecule is C=Cc1ccc(Oc2ccc(C3(c4ccccc4)c4ccccc4-c4ccc(N(c5ccc6c(c5)oc5cc(N(c7ccc8c(c7)C(c7ccccc7)(c7ccc(Oc9ccc(C=C)cc9)cc7)c7ccccc7-8)c7cc(C)c(-c8ccc(F)cc8)cc7C)ccc56)c5cc(C)c(-c6ccc(F)cc6)cc5C)cc43)cc2)cc1. The van der Waals surface area contributed by atoms with E-state index in [0.29, 0.717) is 0 Å². The third kappa shape index (κ3) is 11.8. The van der Waals surface area contributed by atoms with Crippen molar-refractivity contribution in [1.29, 1.82) is 0 Å². The predicted molar refractivity (Wildman–Crippen MR) is 461 cm³/mol. The van der Waals surface area contributed by atoms with E-state index in [9.17, 15) is 8.78 Å². The number of aryl methyl sites for hydroxylation is 4. The largest absolute Gasteiger partial charge is 0.457 e. The molecule has 0 N–H and O–H groups in total. The van der Waals surface area contributed by atoms with E-state index in [1.54, 1.807) is 0 Å². The monoisotopic (exact) mass is 1460 g/mol. The summed E-state index contributed by atoms with van der Waals surface area (Å²) < 4.78 is 49.6. The van der Waals surface area contributed by atoms with Crippen molar-refractivity contribution < 1.29 is 22.7 Å². The molecule has 113 heavy (non-hydrogen) atoms. The van der Waals surface area contributed by atoms with Crippen LogP contribution in [0.5, 0.6) is 23.0 Å². The number of hydrogen-bond acceptors (Lipinski definition) is 5. The molecule has 1 heterocycles. The molecule has 2 atom stereocenters. The van der Waals surface area contributed by atoms with Gasteiger partial charge in [0, 0.05) is 57.0 Å². The average molecular weight is 1460 g/mol. The minimum Gasteiger partial charge on any atom is -0.457 e. The second-order valence-electron chi connectivity index (χ2n) is 29.6. The molecule has 17 aromatic rings. The Bertz CT molecular complexity index is 6170. The van der Waals surface area contributed by atoms with Crippen LogP contribution < -0.4 is 19.3 Å². The van der Waals surface area contributed by atoms with Crippen LogP contribution >= 0.6 is 0 Å². The van der Waals surface area contributed by atoms with E-state index in [0.717, 1.165) is 179 Å². The first-order valence-electron chi connectivity index (χ1n) is 38.3. The molecular weight excluding hydrogens is 1390 g/mol. The van der Waals surface area contributed by atoms with Gasteiger partial charge in [0.15, 0.2) is 0 Å². The van der Waals surface area contributed by atoms with Gasteiger partial charge in [-0.15, -0.1) is 0 Å². The van der Waals surface area contributed by atoms with Gasteiger partial charge in [0.05, 0.1) is 10.8 Å². The molecular formula is C106H76F2N2O3. The van der Waals surface area contributed by atoms with Crippen LogP contribution in [-0.2, 0) is 10.8 Å². The van der Waals surface area contributed by atoms with Crippen LogP contribution in [0.2, 0.25) is 0 Å². The molecule has 2 aliphatic carbocycles. The summed E-state index contributed by atoms with van der Waals surface area (Å²) in [6, 6.07) is 122. The van der Waals surface area contributed by atoms with Crippen LogP contribution in [0.4, 0.5) is 42.9 Å². The number of fused-ring (bicyclic) bond motifs is 9. The van der Waals surface area contributed by atoms with Gasteiger partial charge < -0.3 is 23.7 Å². The van der Waals surface area contributed by atoms with Crippen LogP contribution in [0.25, 0.3) is 78.6 Å². The summed E-state index contributed by atoms with van der Waals surface area (Å²) in [7, 11) is 0. The van der Waals surface area contributed by atoms with Gasteiger partial charge in [-0.25, -0.2) is 8.78 Å². The first kappa shape index (κ1) is 69.3. The molecule has 19 rings (SSSR count). The van der Waals surface area contributed by atoms with Crippen molar-refractivity contribution in [2.45, 2.75) is 38.5 Å². The Hall–Kier alpha value is -14.1. The summed E-state index contributed by atoms with van der Waals surface area (Å²) >= 11 is 0. The highest BCUT2D eigenvalue weighted by molar-refractivity contribution is 6.08. The maximum absolute atomic E-state index is 14.6. The van der Waals surface area contributed by atoms with Crippen molar-refractivity contribution in [2.75, 3.05) is 9.80 Å². The molecule has 2 aliphatic rings. The Labute approximate surface area is 657 Å². The highest BCUT2D eigenvalue weighted by atomic mass is 19.1. The lowest BCUT2D eigenvalue weighted by molar-refractivity contribution is 0.482. The van der Waals surface area contributed by atoms with Gasteiger partial charge in [-0.1, -0.05) is 219 Å². The minimum absolute atomic E-state index is 0.279. The Morgan fingerprint density at radius 1 is 0.292 bits per heavy atom. The van der Waals surface area contributed by atoms with Crippen LogP contribution in [0, 0.1) is 39.3 Å². The Morgan fingerprint density at radius 2 is 0.619 bits per heavy atom. The molecule has 0 bridgehead atoms. The summed E-state index contributed by atoms with van der Waals surface area (Å²) in [6.45, 7) is 16.5. The quantitative estimate of drug-likeness (QED) is 0.0856. The summed E-state index contributed by atoms with van der Waals surface area (Å²) in [5, 5.41) is 1.94. The first-order chi connectivity index (χ1) is 55.3. The lowest BCUT2D eigenvalue weighted by Gasteiger charge is -2.35. The lowest BCUT2D eigenvalue weighted by Crippen LogP contribution is -2.28. The Balaban J connectivity index is 0.773. The van der Waals surface area contributed by atoms with E-state index in [4.69, 9.17) is 13.9 Å². The van der Waals surface area contributed by atoms with Crippen molar-refractivity contribution in [3.05, 3.63) is 455 Å². The smallest absolute Gasteiger partial charge is 0.137 e. The van der Waals surface area contributed by atoms with E-state index in [-0.39, 0.29) is 11.6 Å². The first-order valence-corrected chi connectivity index (χ1v) is 38.3. The fourth-order valence-electron chi connectivity index (χ4n) is 17.8. The maximum Gasteiger partial charge on any atom is 0.137 e. The molecule has 1 aromatic heterocycles. The van der Waals surface area contributed by atoms with Crippen LogP contribution in [-0.4, -0.2) is 0 Å². The molecule has 542 valence electrons. The van der Waals surface area contributed by atoms with Gasteiger partial charge in [0.1, 0.15) is 45.8 Å². The Kier molecular flexibility index (Phi) is 17.2. The number of halogens is 2. The molecule has 0 radical (unpaired) electrons. The third-order valence-electron chi connectivity index (χ3n) is 23.1. The van der Waals surface area contributed by atoms with Gasteiger partial charge in [-0.3, -0.25) is 0 Å². The zero-order chi connectivity index (χ0) is 76.6. The van der Waals surface area contributed by atoms with Crippen LogP contribution in [0.1, 0.15) is 77.9 Å². The minimum atomic E-state index is -0.759. The lowest BCUT2D eigenvalue weighted by atomic mass is 9.67. The van der Waals surface area contributed by atoms with E-state index in [1.807, 2.05) is 84.9 Å². The predicted octanol–water partition coefficient (Wildman–Crippen LogP) is 29.0. The highest BCUT2D eigenvalue weighted by Gasteiger charge is 2.48. The van der Waals surface area contributed by atoms with Crippen molar-refractivity contribution >= 4 is 68.2 Å². The summed E-state index contributed by atoms with van der Waals surface area (Å²) in [6.07, 6.45) is 3.66. The van der Waals surface area contributed by atoms with Crippen LogP contribution in [0.15, 0.2) is 369 Å². The standard InChI is InChI=1S/C106H76F2N2O3/c1-7-71-27-47-85(48-28-71)111-87-51-35-77(36-52-87)105(75-19-11-9-12-20-75)97-25-17-15-23-89(97)91-55-43-81(63-99(91)105)109(101-61-67(3)95(59-69(101)5)73-31-39-79(107)40-32-73)83-45-57-93-94-58-46-84(66-104(94)113-103(93)65-83)110(102-62-68(4)96(60-70(102)6)74-33-41-80(108)42-34-74)82-44-56-92-90-24-16-18-26-98(90)106(100(92)64-82,76-21-13-10-14-22-76)78-37-53-88(54-38-78)112-86-49-29-72(8-2)30-50-86/h7-66H,1-2H2,3-6H3. The van der Waals surface area contributed by atoms with Crippen LogP contribution in [0.3, 0.4) is 0 Å². The van der Waals surface area contributed by atoms with Gasteiger partial charge in [-0.05, 0) is 296 Å². The number of anilines is 6. The summed E-state index contributed by atoms with van der Waals surface area (Å²) in [5.74, 6) is 2.38. The maximum atomic E-state index is 14.6. The second-order valence-corrected chi connectivity index (χ2v) is 29.6. The van der Waals surface area contributed by atoms with Crippen molar-refractivity contribution in [2.24, 2.45) is 0 Å². The molecule has 0 spiro atoms. The summed E-state index contributed by atoms with van der Waals surface area (Å²) in [4.78, 5) is 4.75. The fraction of sp³-hybridized carbons (Fsp3) is 0.0566. The topological polar surface area (TPSA) is 38.1 Å². The zero-order valence-electron chi connectivity index (χ0n) is 62.9. The normalized spacial score (nSPS) is 14.4. The van der Waals surface area contributed by atoms with Gasteiger partial charge >= 0.3 is 0 Å². The average Bonchev–Trinajstić information content (AvgIpc) is 1.47. The van der Waals surface area contributed by atoms with E-state index in [2.05, 4.69) is 305 Å². The van der Waals surface area contributed by atoms with Crippen molar-refractivity contribution in [1.82, 2.24) is 0 Å². The van der Waals surface area contributed by atoms with E-state index >= 15 is 0 Å². The van der Waals surface area contributed by atoms with Crippen molar-refractivity contribution in [3.8, 4) is 67.5 Å². The summed E-state index contributed by atoms with van der Waals surface area (Å²) in [5.41, 5.74) is 29.4. The number of rotatable bonds is 18. The molecule has 7 heteroatoms. The van der Waals surface area contributed by atoms with Gasteiger partial charge in [0.2, 0.25) is 0 Å². The highest BCUT2D eigenvalue weighted by Crippen LogP contribution is 2.60. The zero-order valence-corrected chi connectivity index (χ0v) is 62.9. The van der Waals surface area contributed by atoms with Crippen molar-refractivity contribution in [3.63, 3.8) is 0 Å². The van der Waals surface area contributed by atoms with E-state index in [1.165, 1.54) is 46.5 Å². The molecule has 0 amide bonds. The second kappa shape index (κ2) is 28.1. The van der Waals surface area contributed by atoms with Gasteiger partial charge in [0.25, 0.3) is 0 Å². The molecule has 16 aromatic carbocycles. The molecule has 0 saturated heterocycles.